The minimum absolute atomic E-state index is 0.194. The van der Waals surface area contributed by atoms with Gasteiger partial charge < -0.3 is 5.32 Å². The van der Waals surface area contributed by atoms with Crippen molar-refractivity contribution in [3.63, 3.8) is 0 Å². The number of aromatic nitrogens is 3. The van der Waals surface area contributed by atoms with Crippen LogP contribution in [-0.4, -0.2) is 26.3 Å². The predicted octanol–water partition coefficient (Wildman–Crippen LogP) is 5.21. The molecule has 1 atom stereocenters. The number of H-pyrrole nitrogens is 1. The summed E-state index contributed by atoms with van der Waals surface area (Å²) in [6.45, 7) is 3.81. The van der Waals surface area contributed by atoms with E-state index in [0.717, 1.165) is 5.56 Å². The molecule has 1 aromatic heterocycles. The van der Waals surface area contributed by atoms with Gasteiger partial charge in [0.15, 0.2) is 5.82 Å². The lowest BCUT2D eigenvalue weighted by molar-refractivity contribution is -0.115. The molecule has 0 spiro atoms. The average molecular weight is 407 g/mol. The zero-order chi connectivity index (χ0) is 18.7. The molecule has 134 valence electrons. The third-order valence-electron chi connectivity index (χ3n) is 3.63. The summed E-state index contributed by atoms with van der Waals surface area (Å²) in [5.41, 5.74) is 2.64. The Morgan fingerprint density at radius 2 is 1.92 bits per heavy atom. The van der Waals surface area contributed by atoms with Gasteiger partial charge >= 0.3 is 0 Å². The molecule has 0 aliphatic rings. The molecule has 0 radical (unpaired) electrons. The smallest absolute Gasteiger partial charge is 0.237 e. The van der Waals surface area contributed by atoms with E-state index in [4.69, 9.17) is 23.2 Å². The van der Waals surface area contributed by atoms with Gasteiger partial charge in [-0.05, 0) is 32.0 Å². The molecule has 1 unspecified atom stereocenters. The van der Waals surface area contributed by atoms with E-state index in [9.17, 15) is 4.79 Å². The Kier molecular flexibility index (Phi) is 5.86. The molecule has 0 aliphatic carbocycles. The quantitative estimate of drug-likeness (QED) is 0.570. The molecule has 1 heterocycles. The third-order valence-corrected chi connectivity index (χ3v) is 5.14. The van der Waals surface area contributed by atoms with Crippen molar-refractivity contribution in [2.45, 2.75) is 24.3 Å². The zero-order valence-corrected chi connectivity index (χ0v) is 16.4. The van der Waals surface area contributed by atoms with E-state index in [2.05, 4.69) is 20.5 Å². The van der Waals surface area contributed by atoms with Gasteiger partial charge in [0, 0.05) is 10.6 Å². The highest BCUT2D eigenvalue weighted by Crippen LogP contribution is 2.27. The van der Waals surface area contributed by atoms with E-state index in [0.29, 0.717) is 26.7 Å². The number of halogens is 2. The van der Waals surface area contributed by atoms with Crippen LogP contribution in [0.5, 0.6) is 0 Å². The Balaban J connectivity index is 1.65. The van der Waals surface area contributed by atoms with Gasteiger partial charge in [-0.25, -0.2) is 4.98 Å². The number of amides is 1. The van der Waals surface area contributed by atoms with Crippen LogP contribution in [0, 0.1) is 6.92 Å². The summed E-state index contributed by atoms with van der Waals surface area (Å²) in [4.78, 5) is 16.8. The molecule has 0 saturated carbocycles. The minimum Gasteiger partial charge on any atom is -0.324 e. The lowest BCUT2D eigenvalue weighted by Crippen LogP contribution is -2.22. The van der Waals surface area contributed by atoms with Crippen molar-refractivity contribution in [3.8, 4) is 11.4 Å². The fourth-order valence-corrected chi connectivity index (χ4v) is 3.36. The Morgan fingerprint density at radius 3 is 2.62 bits per heavy atom. The fourth-order valence-electron chi connectivity index (χ4n) is 2.18. The second-order valence-electron chi connectivity index (χ2n) is 5.71. The monoisotopic (exact) mass is 406 g/mol. The van der Waals surface area contributed by atoms with E-state index in [1.54, 1.807) is 25.1 Å². The van der Waals surface area contributed by atoms with Gasteiger partial charge in [-0.1, -0.05) is 64.8 Å². The number of nitrogens with one attached hydrogen (secondary N) is 2. The summed E-state index contributed by atoms with van der Waals surface area (Å²) < 4.78 is 0. The average Bonchev–Trinajstić information content (AvgIpc) is 3.06. The molecule has 3 rings (SSSR count). The standard InChI is InChI=1S/C18H16Cl2N4OS/c1-10-3-5-12(6-4-10)16-22-18(24-23-16)26-11(2)17(25)21-15-8-7-13(19)9-14(15)20/h3-9,11H,1-2H3,(H,21,25)(H,22,23,24). The number of carbonyl (C=O) groups excluding carboxylic acids is 1. The summed E-state index contributed by atoms with van der Waals surface area (Å²) in [6, 6.07) is 12.9. The first kappa shape index (κ1) is 18.8. The highest BCUT2D eigenvalue weighted by molar-refractivity contribution is 8.00. The number of benzene rings is 2. The molecule has 2 N–H and O–H groups in total. The summed E-state index contributed by atoms with van der Waals surface area (Å²) in [7, 11) is 0. The van der Waals surface area contributed by atoms with Crippen LogP contribution < -0.4 is 5.32 Å². The Labute approximate surface area is 165 Å². The third kappa shape index (κ3) is 4.58. The molecular weight excluding hydrogens is 391 g/mol. The van der Waals surface area contributed by atoms with Crippen LogP contribution >= 0.6 is 35.0 Å². The number of aromatic amines is 1. The van der Waals surface area contributed by atoms with Crippen LogP contribution in [0.4, 0.5) is 5.69 Å². The van der Waals surface area contributed by atoms with Crippen LogP contribution in [0.2, 0.25) is 10.0 Å². The lowest BCUT2D eigenvalue weighted by atomic mass is 10.1. The maximum atomic E-state index is 12.4. The van der Waals surface area contributed by atoms with Crippen LogP contribution in [-0.2, 0) is 4.79 Å². The van der Waals surface area contributed by atoms with E-state index < -0.39 is 5.25 Å². The maximum Gasteiger partial charge on any atom is 0.237 e. The minimum atomic E-state index is -0.400. The normalized spacial score (nSPS) is 12.0. The lowest BCUT2D eigenvalue weighted by Gasteiger charge is -2.11. The number of anilines is 1. The Hall–Kier alpha value is -2.02. The van der Waals surface area contributed by atoms with Gasteiger partial charge in [0.05, 0.1) is 16.0 Å². The topological polar surface area (TPSA) is 70.7 Å². The van der Waals surface area contributed by atoms with Crippen molar-refractivity contribution >= 4 is 46.6 Å². The van der Waals surface area contributed by atoms with Gasteiger partial charge in [-0.2, -0.15) is 0 Å². The highest BCUT2D eigenvalue weighted by Gasteiger charge is 2.18. The molecule has 26 heavy (non-hydrogen) atoms. The Morgan fingerprint density at radius 1 is 1.19 bits per heavy atom. The number of hydrogen-bond acceptors (Lipinski definition) is 4. The van der Waals surface area contributed by atoms with Crippen molar-refractivity contribution in [1.29, 1.82) is 0 Å². The van der Waals surface area contributed by atoms with Gasteiger partial charge in [-0.3, -0.25) is 9.89 Å². The van der Waals surface area contributed by atoms with Crippen molar-refractivity contribution in [1.82, 2.24) is 15.2 Å². The SMILES string of the molecule is Cc1ccc(-c2nc(SC(C)C(=O)Nc3ccc(Cl)cc3Cl)n[nH]2)cc1. The van der Waals surface area contributed by atoms with E-state index in [1.807, 2.05) is 31.2 Å². The summed E-state index contributed by atoms with van der Waals surface area (Å²) in [5.74, 6) is 0.474. The largest absolute Gasteiger partial charge is 0.324 e. The molecule has 0 aliphatic heterocycles. The number of thioether (sulfide) groups is 1. The second-order valence-corrected chi connectivity index (χ2v) is 7.86. The van der Waals surface area contributed by atoms with Crippen molar-refractivity contribution in [3.05, 3.63) is 58.1 Å². The molecule has 5 nitrogen and oxygen atoms in total. The van der Waals surface area contributed by atoms with E-state index >= 15 is 0 Å². The number of rotatable bonds is 5. The Bertz CT molecular complexity index is 927. The molecule has 0 fully saturated rings. The van der Waals surface area contributed by atoms with Gasteiger partial charge in [0.25, 0.3) is 0 Å². The molecule has 1 amide bonds. The van der Waals surface area contributed by atoms with E-state index in [-0.39, 0.29) is 5.91 Å². The van der Waals surface area contributed by atoms with Gasteiger partial charge in [0.1, 0.15) is 0 Å². The number of hydrogen-bond donors (Lipinski definition) is 2. The molecule has 8 heteroatoms. The zero-order valence-electron chi connectivity index (χ0n) is 14.1. The number of nitrogens with zero attached hydrogens (tertiary/aromatic N) is 2. The van der Waals surface area contributed by atoms with Crippen LogP contribution in [0.1, 0.15) is 12.5 Å². The highest BCUT2D eigenvalue weighted by atomic mass is 35.5. The molecule has 3 aromatic rings. The van der Waals surface area contributed by atoms with Crippen LogP contribution in [0.15, 0.2) is 47.6 Å². The van der Waals surface area contributed by atoms with Crippen LogP contribution in [0.25, 0.3) is 11.4 Å². The molecule has 2 aromatic carbocycles. The van der Waals surface area contributed by atoms with E-state index in [1.165, 1.54) is 17.3 Å². The predicted molar refractivity (Wildman–Crippen MR) is 107 cm³/mol. The van der Waals surface area contributed by atoms with Gasteiger partial charge in [-0.15, -0.1) is 5.10 Å². The fraction of sp³-hybridized carbons (Fsp3) is 0.167. The second kappa shape index (κ2) is 8.12. The molecule has 0 saturated heterocycles. The van der Waals surface area contributed by atoms with Crippen molar-refractivity contribution in [2.24, 2.45) is 0 Å². The number of carbonyl (C=O) groups is 1. The molecule has 0 bridgehead atoms. The van der Waals surface area contributed by atoms with Crippen molar-refractivity contribution in [2.75, 3.05) is 5.32 Å². The molecular formula is C18H16Cl2N4OS. The van der Waals surface area contributed by atoms with Crippen molar-refractivity contribution < 1.29 is 4.79 Å². The first-order chi connectivity index (χ1) is 12.4. The van der Waals surface area contributed by atoms with Crippen LogP contribution in [0.3, 0.4) is 0 Å². The first-order valence-corrected chi connectivity index (χ1v) is 9.48. The van der Waals surface area contributed by atoms with Gasteiger partial charge in [0.2, 0.25) is 11.1 Å². The summed E-state index contributed by atoms with van der Waals surface area (Å²) in [5, 5.41) is 10.9. The maximum absolute atomic E-state index is 12.4. The first-order valence-electron chi connectivity index (χ1n) is 7.84. The number of aryl methyl sites for hydroxylation is 1. The summed E-state index contributed by atoms with van der Waals surface area (Å²) in [6.07, 6.45) is 0. The summed E-state index contributed by atoms with van der Waals surface area (Å²) >= 11 is 13.2.